The summed E-state index contributed by atoms with van der Waals surface area (Å²) in [6.07, 6.45) is 0.134. The summed E-state index contributed by atoms with van der Waals surface area (Å²) < 4.78 is 18.7. The maximum Gasteiger partial charge on any atom is 0.262 e. The maximum absolute atomic E-state index is 13.0. The topological polar surface area (TPSA) is 89.7 Å². The van der Waals surface area contributed by atoms with Crippen molar-refractivity contribution in [2.45, 2.75) is 19.1 Å². The molecule has 2 N–H and O–H groups in total. The summed E-state index contributed by atoms with van der Waals surface area (Å²) in [6, 6.07) is 18.3. The first kappa shape index (κ1) is 20.3. The lowest BCUT2D eigenvalue weighted by Crippen LogP contribution is -2.49. The molecule has 1 heterocycles. The van der Waals surface area contributed by atoms with Gasteiger partial charge in [-0.1, -0.05) is 42.5 Å². The first-order chi connectivity index (χ1) is 14.9. The van der Waals surface area contributed by atoms with Gasteiger partial charge in [-0.15, -0.1) is 0 Å². The van der Waals surface area contributed by atoms with E-state index in [0.29, 0.717) is 5.75 Å². The van der Waals surface area contributed by atoms with E-state index in [9.17, 15) is 18.8 Å². The molecule has 0 spiro atoms. The SMILES string of the molecule is NC(=O)C(Cc1ccccc1)N1C(=O)c2ccc(OCc3ccc(F)cc3)cc2C1=O. The van der Waals surface area contributed by atoms with Crippen molar-refractivity contribution in [2.75, 3.05) is 0 Å². The van der Waals surface area contributed by atoms with Gasteiger partial charge in [0.15, 0.2) is 0 Å². The van der Waals surface area contributed by atoms with Crippen LogP contribution < -0.4 is 10.5 Å². The summed E-state index contributed by atoms with van der Waals surface area (Å²) >= 11 is 0. The lowest BCUT2D eigenvalue weighted by atomic mass is 10.0. The summed E-state index contributed by atoms with van der Waals surface area (Å²) in [6.45, 7) is 0.169. The van der Waals surface area contributed by atoms with Crippen molar-refractivity contribution in [1.29, 1.82) is 0 Å². The molecule has 3 aromatic rings. The molecule has 0 aromatic heterocycles. The maximum atomic E-state index is 13.0. The van der Waals surface area contributed by atoms with E-state index in [1.807, 2.05) is 6.07 Å². The minimum atomic E-state index is -1.10. The van der Waals surface area contributed by atoms with Gasteiger partial charge in [-0.2, -0.15) is 0 Å². The van der Waals surface area contributed by atoms with E-state index in [2.05, 4.69) is 0 Å². The van der Waals surface area contributed by atoms with Crippen LogP contribution in [0.4, 0.5) is 4.39 Å². The van der Waals surface area contributed by atoms with Crippen LogP contribution in [-0.2, 0) is 17.8 Å². The molecule has 1 atom stereocenters. The summed E-state index contributed by atoms with van der Waals surface area (Å²) in [5.41, 5.74) is 7.42. The monoisotopic (exact) mass is 418 g/mol. The van der Waals surface area contributed by atoms with Gasteiger partial charge >= 0.3 is 0 Å². The van der Waals surface area contributed by atoms with Crippen LogP contribution >= 0.6 is 0 Å². The molecule has 0 fully saturated rings. The molecule has 0 aliphatic carbocycles. The van der Waals surface area contributed by atoms with Crippen LogP contribution in [-0.4, -0.2) is 28.7 Å². The summed E-state index contributed by atoms with van der Waals surface area (Å²) in [5, 5.41) is 0. The first-order valence-corrected chi connectivity index (χ1v) is 9.66. The molecule has 3 aromatic carbocycles. The number of hydrogen-bond donors (Lipinski definition) is 1. The fourth-order valence-corrected chi connectivity index (χ4v) is 3.52. The van der Waals surface area contributed by atoms with E-state index in [1.165, 1.54) is 24.3 Å². The third-order valence-corrected chi connectivity index (χ3v) is 5.12. The number of carbonyl (C=O) groups excluding carboxylic acids is 3. The number of nitrogens with zero attached hydrogens (tertiary/aromatic N) is 1. The third-order valence-electron chi connectivity index (χ3n) is 5.12. The molecule has 3 amide bonds. The molecule has 0 saturated heterocycles. The van der Waals surface area contributed by atoms with E-state index >= 15 is 0 Å². The van der Waals surface area contributed by atoms with Crippen molar-refractivity contribution in [3.63, 3.8) is 0 Å². The fourth-order valence-electron chi connectivity index (χ4n) is 3.52. The Balaban J connectivity index is 1.55. The van der Waals surface area contributed by atoms with E-state index in [4.69, 9.17) is 10.5 Å². The molecule has 0 bridgehead atoms. The van der Waals surface area contributed by atoms with Crippen LogP contribution in [0.15, 0.2) is 72.8 Å². The number of hydrogen-bond acceptors (Lipinski definition) is 4. The van der Waals surface area contributed by atoms with Gasteiger partial charge in [-0.3, -0.25) is 19.3 Å². The van der Waals surface area contributed by atoms with Gasteiger partial charge < -0.3 is 10.5 Å². The molecule has 1 unspecified atom stereocenters. The van der Waals surface area contributed by atoms with Gasteiger partial charge in [0.05, 0.1) is 11.1 Å². The van der Waals surface area contributed by atoms with Crippen LogP contribution in [0.3, 0.4) is 0 Å². The Morgan fingerprint density at radius 2 is 1.58 bits per heavy atom. The number of primary amides is 1. The van der Waals surface area contributed by atoms with Crippen LogP contribution in [0.2, 0.25) is 0 Å². The van der Waals surface area contributed by atoms with E-state index in [-0.39, 0.29) is 30.0 Å². The zero-order valence-electron chi connectivity index (χ0n) is 16.5. The van der Waals surface area contributed by atoms with Crippen LogP contribution in [0.25, 0.3) is 0 Å². The Morgan fingerprint density at radius 1 is 0.903 bits per heavy atom. The Kier molecular flexibility index (Phi) is 5.49. The fraction of sp³-hybridized carbons (Fsp3) is 0.125. The van der Waals surface area contributed by atoms with Gasteiger partial charge in [-0.25, -0.2) is 4.39 Å². The van der Waals surface area contributed by atoms with Gasteiger partial charge in [0, 0.05) is 6.42 Å². The van der Waals surface area contributed by atoms with Crippen LogP contribution in [0.5, 0.6) is 5.75 Å². The number of carbonyl (C=O) groups is 3. The lowest BCUT2D eigenvalue weighted by Gasteiger charge is -2.23. The first-order valence-electron chi connectivity index (χ1n) is 9.66. The van der Waals surface area contributed by atoms with Crippen molar-refractivity contribution >= 4 is 17.7 Å². The predicted octanol–water partition coefficient (Wildman–Crippen LogP) is 3.10. The zero-order chi connectivity index (χ0) is 22.0. The Bertz CT molecular complexity index is 1150. The number of imide groups is 1. The molecular formula is C24H19FN2O4. The molecule has 156 valence electrons. The number of fused-ring (bicyclic) bond motifs is 1. The zero-order valence-corrected chi connectivity index (χ0v) is 16.5. The van der Waals surface area contributed by atoms with Gasteiger partial charge in [0.2, 0.25) is 5.91 Å². The normalized spacial score (nSPS) is 13.8. The highest BCUT2D eigenvalue weighted by atomic mass is 19.1. The highest BCUT2D eigenvalue weighted by Gasteiger charge is 2.42. The quantitative estimate of drug-likeness (QED) is 0.597. The Hall–Kier alpha value is -4.00. The molecule has 1 aliphatic rings. The molecule has 6 nitrogen and oxygen atoms in total. The van der Waals surface area contributed by atoms with Crippen LogP contribution in [0.1, 0.15) is 31.8 Å². The van der Waals surface area contributed by atoms with Crippen molar-refractivity contribution in [2.24, 2.45) is 5.73 Å². The van der Waals surface area contributed by atoms with Crippen molar-refractivity contribution < 1.29 is 23.5 Å². The van der Waals surface area contributed by atoms with Crippen molar-refractivity contribution in [3.05, 3.63) is 101 Å². The smallest absolute Gasteiger partial charge is 0.262 e. The number of halogens is 1. The molecule has 1 aliphatic heterocycles. The molecule has 0 saturated carbocycles. The van der Waals surface area contributed by atoms with E-state index in [1.54, 1.807) is 42.5 Å². The van der Waals surface area contributed by atoms with E-state index < -0.39 is 23.8 Å². The highest BCUT2D eigenvalue weighted by molar-refractivity contribution is 6.23. The average Bonchev–Trinajstić information content (AvgIpc) is 3.02. The van der Waals surface area contributed by atoms with Crippen molar-refractivity contribution in [3.8, 4) is 5.75 Å². The lowest BCUT2D eigenvalue weighted by molar-refractivity contribution is -0.121. The van der Waals surface area contributed by atoms with Gasteiger partial charge in [0.1, 0.15) is 24.2 Å². The van der Waals surface area contributed by atoms with Crippen LogP contribution in [0, 0.1) is 5.82 Å². The summed E-state index contributed by atoms with van der Waals surface area (Å²) in [4.78, 5) is 38.9. The third kappa shape index (κ3) is 4.16. The number of ether oxygens (including phenoxy) is 1. The van der Waals surface area contributed by atoms with Gasteiger partial charge in [-0.05, 0) is 41.5 Å². The molecule has 31 heavy (non-hydrogen) atoms. The minimum absolute atomic E-state index is 0.134. The second-order valence-electron chi connectivity index (χ2n) is 7.21. The second kappa shape index (κ2) is 8.39. The number of nitrogens with two attached hydrogens (primary N) is 1. The summed E-state index contributed by atoms with van der Waals surface area (Å²) in [7, 11) is 0. The average molecular weight is 418 g/mol. The number of amides is 3. The van der Waals surface area contributed by atoms with Crippen molar-refractivity contribution in [1.82, 2.24) is 4.90 Å². The summed E-state index contributed by atoms with van der Waals surface area (Å²) in [5.74, 6) is -1.88. The second-order valence-corrected chi connectivity index (χ2v) is 7.21. The largest absolute Gasteiger partial charge is 0.489 e. The predicted molar refractivity (Wildman–Crippen MR) is 111 cm³/mol. The molecule has 0 radical (unpaired) electrons. The Morgan fingerprint density at radius 3 is 2.26 bits per heavy atom. The minimum Gasteiger partial charge on any atom is -0.489 e. The number of benzene rings is 3. The molecule has 7 heteroatoms. The standard InChI is InChI=1S/C24H19FN2O4/c25-17-8-6-16(7-9-17)14-31-18-10-11-19-20(13-18)24(30)27(23(19)29)21(22(26)28)12-15-4-2-1-3-5-15/h1-11,13,21H,12,14H2,(H2,26,28). The highest BCUT2D eigenvalue weighted by Crippen LogP contribution is 2.29. The molecule has 4 rings (SSSR count). The number of rotatable bonds is 7. The Labute approximate surface area is 178 Å². The van der Waals surface area contributed by atoms with Gasteiger partial charge in [0.25, 0.3) is 11.8 Å². The molecular weight excluding hydrogens is 399 g/mol. The van der Waals surface area contributed by atoms with E-state index in [0.717, 1.165) is 16.0 Å².